The second-order valence-corrected chi connectivity index (χ2v) is 11.1. The van der Waals surface area contributed by atoms with Crippen LogP contribution in [-0.4, -0.2) is 48.5 Å². The van der Waals surface area contributed by atoms with Gasteiger partial charge >= 0.3 is 15.3 Å². The Labute approximate surface area is 158 Å². The molecular weight excluding hydrogens is 378 g/mol. The average Bonchev–Trinajstić information content (AvgIpc) is 2.40. The van der Waals surface area contributed by atoms with Gasteiger partial charge in [-0.25, -0.2) is 9.13 Å². The van der Waals surface area contributed by atoms with Crippen molar-refractivity contribution in [2.45, 2.75) is 59.8 Å². The molecule has 0 atom stereocenters. The minimum atomic E-state index is -3.97. The zero-order valence-corrected chi connectivity index (χ0v) is 18.4. The summed E-state index contributed by atoms with van der Waals surface area (Å²) in [5.41, 5.74) is -0.589. The van der Waals surface area contributed by atoms with Crippen molar-refractivity contribution < 1.29 is 33.0 Å². The monoisotopic (exact) mass is 414 g/mol. The summed E-state index contributed by atoms with van der Waals surface area (Å²) >= 11 is 0. The van der Waals surface area contributed by atoms with Crippen LogP contribution in [0.5, 0.6) is 0 Å². The number of hydrogen-bond donors (Lipinski definition) is 2. The predicted molar refractivity (Wildman–Crippen MR) is 102 cm³/mol. The Balaban J connectivity index is 3.53. The molecule has 0 aliphatic carbocycles. The average molecular weight is 414 g/mol. The molecule has 0 amide bonds. The first-order valence-corrected chi connectivity index (χ1v) is 12.3. The molecule has 0 aliphatic rings. The van der Waals surface area contributed by atoms with Crippen LogP contribution in [-0.2, 0) is 23.2 Å². The minimum absolute atomic E-state index is 0.101. The van der Waals surface area contributed by atoms with Gasteiger partial charge in [-0.05, 0) is 42.9 Å². The highest BCUT2D eigenvalue weighted by molar-refractivity contribution is 7.51. The standard InChI is InChI=1S/C17H36O7P2/c1-16(2,14-25(18)19)8-5-10-23-12-7-13-24-11-6-9-17(3,4)15-26(20,21)22/h5-15H2,1-4H3,(H2,20,21,22). The fourth-order valence-electron chi connectivity index (χ4n) is 2.84. The fourth-order valence-corrected chi connectivity index (χ4v) is 4.97. The molecule has 2 N–H and O–H groups in total. The molecule has 0 aromatic carbocycles. The maximum Gasteiger partial charge on any atom is 0.326 e. The topological polar surface area (TPSA) is 110 Å². The molecular formula is C17H36O7P2. The lowest BCUT2D eigenvalue weighted by Crippen LogP contribution is -2.18. The number of rotatable bonds is 16. The Morgan fingerprint density at radius 3 is 1.65 bits per heavy atom. The van der Waals surface area contributed by atoms with Gasteiger partial charge in [0.2, 0.25) is 0 Å². The zero-order valence-electron chi connectivity index (χ0n) is 16.6. The van der Waals surface area contributed by atoms with Crippen LogP contribution in [0.3, 0.4) is 0 Å². The molecule has 0 aromatic heterocycles. The van der Waals surface area contributed by atoms with Crippen molar-refractivity contribution in [3.8, 4) is 0 Å². The lowest BCUT2D eigenvalue weighted by molar-refractivity contribution is 0.0746. The quantitative estimate of drug-likeness (QED) is 0.285. The molecule has 0 aliphatic heterocycles. The second-order valence-electron chi connectivity index (χ2n) is 8.43. The third-order valence-corrected chi connectivity index (χ3v) is 6.44. The molecule has 9 heteroatoms. The van der Waals surface area contributed by atoms with Crippen molar-refractivity contribution in [3.63, 3.8) is 0 Å². The summed E-state index contributed by atoms with van der Waals surface area (Å²) in [6, 6.07) is 0. The summed E-state index contributed by atoms with van der Waals surface area (Å²) in [4.78, 5) is 18.1. The highest BCUT2D eigenvalue weighted by Crippen LogP contribution is 2.43. The highest BCUT2D eigenvalue weighted by atomic mass is 31.2. The first-order valence-electron chi connectivity index (χ1n) is 9.15. The van der Waals surface area contributed by atoms with Gasteiger partial charge in [-0.15, -0.1) is 0 Å². The van der Waals surface area contributed by atoms with E-state index in [9.17, 15) is 13.7 Å². The maximum atomic E-state index is 11.1. The predicted octanol–water partition coefficient (Wildman–Crippen LogP) is 4.37. The van der Waals surface area contributed by atoms with Crippen molar-refractivity contribution in [2.24, 2.45) is 10.8 Å². The van der Waals surface area contributed by atoms with Gasteiger partial charge in [0.05, 0.1) is 12.3 Å². The van der Waals surface area contributed by atoms with Crippen molar-refractivity contribution in [2.75, 3.05) is 38.8 Å². The van der Waals surface area contributed by atoms with Gasteiger partial charge in [-0.2, -0.15) is 0 Å². The van der Waals surface area contributed by atoms with E-state index in [1.165, 1.54) is 0 Å². The SMILES string of the molecule is CC(C)(CCCOCCCOCCCC(C)(C)CP(=O)(O)O)CP(=O)=O. The summed E-state index contributed by atoms with van der Waals surface area (Å²) in [7, 11) is -6.31. The molecule has 0 rings (SSSR count). The van der Waals surface area contributed by atoms with Crippen molar-refractivity contribution in [1.82, 2.24) is 0 Å². The van der Waals surface area contributed by atoms with Crippen molar-refractivity contribution in [3.05, 3.63) is 0 Å². The van der Waals surface area contributed by atoms with E-state index in [4.69, 9.17) is 19.3 Å². The van der Waals surface area contributed by atoms with Crippen LogP contribution in [0.1, 0.15) is 59.8 Å². The summed E-state index contributed by atoms with van der Waals surface area (Å²) in [5, 5.41) is 0. The summed E-state index contributed by atoms with van der Waals surface area (Å²) in [6.07, 6.45) is 4.03. The van der Waals surface area contributed by atoms with E-state index in [1.807, 2.05) is 27.7 Å². The Morgan fingerprint density at radius 2 is 1.23 bits per heavy atom. The third kappa shape index (κ3) is 17.4. The van der Waals surface area contributed by atoms with Crippen LogP contribution in [0.15, 0.2) is 0 Å². The summed E-state index contributed by atoms with van der Waals surface area (Å²) < 4.78 is 43.6. The highest BCUT2D eigenvalue weighted by Gasteiger charge is 2.27. The van der Waals surface area contributed by atoms with Crippen molar-refractivity contribution >= 4 is 15.3 Å². The van der Waals surface area contributed by atoms with Crippen molar-refractivity contribution in [1.29, 1.82) is 0 Å². The first kappa shape index (κ1) is 26.0. The maximum absolute atomic E-state index is 11.1. The van der Waals surface area contributed by atoms with Crippen LogP contribution in [0.25, 0.3) is 0 Å². The van der Waals surface area contributed by atoms with Crippen LogP contribution in [0, 0.1) is 10.8 Å². The Bertz CT molecular complexity index is 487. The van der Waals surface area contributed by atoms with Gasteiger partial charge in [0.25, 0.3) is 0 Å². The second kappa shape index (κ2) is 12.4. The first-order chi connectivity index (χ1) is 11.8. The van der Waals surface area contributed by atoms with E-state index >= 15 is 0 Å². The number of hydrogen-bond acceptors (Lipinski definition) is 5. The smallest absolute Gasteiger partial charge is 0.326 e. The van der Waals surface area contributed by atoms with E-state index in [1.54, 1.807) is 0 Å². The molecule has 0 saturated carbocycles. The van der Waals surface area contributed by atoms with Crippen LogP contribution in [0.2, 0.25) is 0 Å². The van der Waals surface area contributed by atoms with E-state index in [0.717, 1.165) is 25.7 Å². The van der Waals surface area contributed by atoms with E-state index in [-0.39, 0.29) is 17.7 Å². The van der Waals surface area contributed by atoms with Gasteiger partial charge in [-0.1, -0.05) is 27.7 Å². The summed E-state index contributed by atoms with van der Waals surface area (Å²) in [5.74, 6) is 0. The Hall–Kier alpha value is -0.0300. The molecule has 156 valence electrons. The van der Waals surface area contributed by atoms with Crippen LogP contribution >= 0.6 is 15.3 Å². The van der Waals surface area contributed by atoms with E-state index in [0.29, 0.717) is 32.8 Å². The third-order valence-electron chi connectivity index (χ3n) is 4.05. The van der Waals surface area contributed by atoms with E-state index < -0.39 is 20.7 Å². The van der Waals surface area contributed by atoms with Gasteiger partial charge in [0.15, 0.2) is 0 Å². The largest absolute Gasteiger partial charge is 0.381 e. The molecule has 0 bridgehead atoms. The van der Waals surface area contributed by atoms with E-state index in [2.05, 4.69) is 0 Å². The molecule has 0 radical (unpaired) electrons. The minimum Gasteiger partial charge on any atom is -0.381 e. The van der Waals surface area contributed by atoms with Gasteiger partial charge in [0.1, 0.15) is 0 Å². The number of ether oxygens (including phenoxy) is 2. The van der Waals surface area contributed by atoms with Crippen LogP contribution < -0.4 is 0 Å². The van der Waals surface area contributed by atoms with Crippen LogP contribution in [0.4, 0.5) is 0 Å². The molecule has 26 heavy (non-hydrogen) atoms. The lowest BCUT2D eigenvalue weighted by Gasteiger charge is -2.24. The lowest BCUT2D eigenvalue weighted by atomic mass is 9.90. The van der Waals surface area contributed by atoms with Gasteiger partial charge in [0, 0.05) is 26.4 Å². The Morgan fingerprint density at radius 1 is 0.808 bits per heavy atom. The molecule has 0 saturated heterocycles. The normalized spacial score (nSPS) is 13.2. The molecule has 0 aromatic rings. The molecule has 0 heterocycles. The van der Waals surface area contributed by atoms with Gasteiger partial charge < -0.3 is 19.3 Å². The fraction of sp³-hybridized carbons (Fsp3) is 1.00. The zero-order chi connectivity index (χ0) is 20.3. The molecule has 7 nitrogen and oxygen atoms in total. The molecule has 0 fully saturated rings. The molecule has 0 unspecified atom stereocenters. The van der Waals surface area contributed by atoms with Gasteiger partial charge in [-0.3, -0.25) is 4.57 Å². The Kier molecular flexibility index (Phi) is 12.4. The summed E-state index contributed by atoms with van der Waals surface area (Å²) in [6.45, 7) is 10.0. The molecule has 0 spiro atoms.